The van der Waals surface area contributed by atoms with Crippen LogP contribution in [0.4, 0.5) is 0 Å². The van der Waals surface area contributed by atoms with E-state index in [0.29, 0.717) is 12.5 Å². The lowest BCUT2D eigenvalue weighted by Gasteiger charge is -2.18. The van der Waals surface area contributed by atoms with E-state index in [1.165, 1.54) is 70.6 Å². The van der Waals surface area contributed by atoms with Crippen LogP contribution in [-0.4, -0.2) is 31.3 Å². The Hall–Kier alpha value is -0.220. The summed E-state index contributed by atoms with van der Waals surface area (Å²) in [6.45, 7) is 6.56. The average molecular weight is 345 g/mol. The summed E-state index contributed by atoms with van der Waals surface area (Å²) in [4.78, 5) is 11.8. The Morgan fingerprint density at radius 2 is 1.48 bits per heavy atom. The zero-order valence-electron chi connectivity index (χ0n) is 15.5. The van der Waals surface area contributed by atoms with Gasteiger partial charge in [-0.2, -0.15) is 12.6 Å². The number of thiol groups is 1. The maximum Gasteiger partial charge on any atom is 0.233 e. The number of nitrogens with one attached hydrogen (secondary N) is 2. The molecule has 1 unspecified atom stereocenters. The highest BCUT2D eigenvalue weighted by Gasteiger charge is 2.10. The van der Waals surface area contributed by atoms with E-state index >= 15 is 0 Å². The van der Waals surface area contributed by atoms with Crippen molar-refractivity contribution in [1.82, 2.24) is 10.6 Å². The minimum absolute atomic E-state index is 0.122. The molecule has 0 saturated carbocycles. The molecule has 0 rings (SSSR count). The molecule has 0 aliphatic rings. The number of carbonyl (C=O) groups is 1. The molecular formula is C19H40N2OS. The molecule has 4 heteroatoms. The molecule has 1 atom stereocenters. The number of unbranched alkanes of at least 4 members (excludes halogenated alkanes) is 7. The van der Waals surface area contributed by atoms with Gasteiger partial charge >= 0.3 is 0 Å². The lowest BCUT2D eigenvalue weighted by molar-refractivity contribution is -0.120. The predicted molar refractivity (Wildman–Crippen MR) is 105 cm³/mol. The molecule has 0 aliphatic carbocycles. The lowest BCUT2D eigenvalue weighted by Crippen LogP contribution is -2.37. The molecule has 23 heavy (non-hydrogen) atoms. The van der Waals surface area contributed by atoms with Crippen LogP contribution >= 0.6 is 12.6 Å². The van der Waals surface area contributed by atoms with Crippen molar-refractivity contribution in [3.05, 3.63) is 0 Å². The van der Waals surface area contributed by atoms with Crippen LogP contribution in [0.3, 0.4) is 0 Å². The second kappa shape index (κ2) is 18.1. The van der Waals surface area contributed by atoms with Crippen LogP contribution in [0.25, 0.3) is 0 Å². The molecule has 0 heterocycles. The summed E-state index contributed by atoms with van der Waals surface area (Å²) in [5, 5.41) is 6.20. The van der Waals surface area contributed by atoms with E-state index < -0.39 is 0 Å². The molecule has 1 amide bonds. The van der Waals surface area contributed by atoms with Crippen LogP contribution in [0.15, 0.2) is 0 Å². The molecule has 0 radical (unpaired) electrons. The highest BCUT2D eigenvalue weighted by molar-refractivity contribution is 7.80. The van der Waals surface area contributed by atoms with Gasteiger partial charge in [0.15, 0.2) is 0 Å². The zero-order valence-corrected chi connectivity index (χ0v) is 16.4. The van der Waals surface area contributed by atoms with E-state index in [1.54, 1.807) is 0 Å². The van der Waals surface area contributed by atoms with E-state index in [1.807, 2.05) is 0 Å². The van der Waals surface area contributed by atoms with Gasteiger partial charge in [-0.1, -0.05) is 71.6 Å². The van der Waals surface area contributed by atoms with Crippen molar-refractivity contribution in [3.8, 4) is 0 Å². The first-order valence-corrected chi connectivity index (χ1v) is 10.5. The molecule has 3 nitrogen and oxygen atoms in total. The summed E-state index contributed by atoms with van der Waals surface area (Å²) in [6.07, 6.45) is 14.5. The number of hydrogen-bond acceptors (Lipinski definition) is 3. The Bertz CT molecular complexity index is 262. The number of hydrogen-bond donors (Lipinski definition) is 3. The summed E-state index contributed by atoms with van der Waals surface area (Å²) >= 11 is 4.13. The van der Waals surface area contributed by atoms with Gasteiger partial charge in [0, 0.05) is 18.8 Å². The maximum absolute atomic E-state index is 11.8. The van der Waals surface area contributed by atoms with Gasteiger partial charge in [-0.05, 0) is 18.8 Å². The molecule has 0 bridgehead atoms. The highest BCUT2D eigenvalue weighted by atomic mass is 32.1. The maximum atomic E-state index is 11.8. The third-order valence-electron chi connectivity index (χ3n) is 4.34. The van der Waals surface area contributed by atoms with E-state index in [2.05, 4.69) is 37.1 Å². The van der Waals surface area contributed by atoms with Gasteiger partial charge < -0.3 is 10.6 Å². The standard InChI is InChI=1S/C19H40N2OS/c1-3-5-7-9-11-13-18(12-10-8-6-4-2)16-21-19(22)17-20-14-15-23/h18,20,23H,3-17H2,1-2H3,(H,21,22). The van der Waals surface area contributed by atoms with Crippen molar-refractivity contribution >= 4 is 18.5 Å². The van der Waals surface area contributed by atoms with Crippen molar-refractivity contribution in [2.75, 3.05) is 25.4 Å². The monoisotopic (exact) mass is 344 g/mol. The van der Waals surface area contributed by atoms with Gasteiger partial charge in [-0.3, -0.25) is 4.79 Å². The van der Waals surface area contributed by atoms with Crippen molar-refractivity contribution in [2.24, 2.45) is 5.92 Å². The Labute approximate surface area is 150 Å². The third-order valence-corrected chi connectivity index (χ3v) is 4.57. The van der Waals surface area contributed by atoms with Crippen LogP contribution in [0.1, 0.15) is 84.5 Å². The number of carbonyl (C=O) groups excluding carboxylic acids is 1. The van der Waals surface area contributed by atoms with E-state index in [-0.39, 0.29) is 5.91 Å². The third kappa shape index (κ3) is 16.4. The molecule has 2 N–H and O–H groups in total. The van der Waals surface area contributed by atoms with Gasteiger partial charge in [0.1, 0.15) is 0 Å². The summed E-state index contributed by atoms with van der Waals surface area (Å²) in [5.74, 6) is 1.55. The van der Waals surface area contributed by atoms with E-state index in [9.17, 15) is 4.79 Å². The van der Waals surface area contributed by atoms with E-state index in [4.69, 9.17) is 0 Å². The summed E-state index contributed by atoms with van der Waals surface area (Å²) in [6, 6.07) is 0. The minimum atomic E-state index is 0.122. The summed E-state index contributed by atoms with van der Waals surface area (Å²) < 4.78 is 0. The number of rotatable bonds is 17. The molecule has 0 aliphatic heterocycles. The van der Waals surface area contributed by atoms with Crippen LogP contribution in [0, 0.1) is 5.92 Å². The Kier molecular flexibility index (Phi) is 18.0. The second-order valence-electron chi connectivity index (χ2n) is 6.62. The minimum Gasteiger partial charge on any atom is -0.355 e. The Balaban J connectivity index is 3.91. The Morgan fingerprint density at radius 3 is 2.04 bits per heavy atom. The average Bonchev–Trinajstić information content (AvgIpc) is 2.55. The van der Waals surface area contributed by atoms with Crippen molar-refractivity contribution < 1.29 is 4.79 Å². The fourth-order valence-electron chi connectivity index (χ4n) is 2.85. The zero-order chi connectivity index (χ0) is 17.2. The van der Waals surface area contributed by atoms with Gasteiger partial charge in [0.2, 0.25) is 5.91 Å². The molecular weight excluding hydrogens is 304 g/mol. The largest absolute Gasteiger partial charge is 0.355 e. The molecule has 0 aromatic carbocycles. The predicted octanol–water partition coefficient (Wildman–Crippen LogP) is 4.57. The van der Waals surface area contributed by atoms with Gasteiger partial charge in [-0.15, -0.1) is 0 Å². The summed E-state index contributed by atoms with van der Waals surface area (Å²) in [5.41, 5.74) is 0. The van der Waals surface area contributed by atoms with Crippen molar-refractivity contribution in [1.29, 1.82) is 0 Å². The van der Waals surface area contributed by atoms with Gasteiger partial charge in [0.25, 0.3) is 0 Å². The molecule has 0 saturated heterocycles. The molecule has 0 aromatic rings. The van der Waals surface area contributed by atoms with Crippen molar-refractivity contribution in [2.45, 2.75) is 84.5 Å². The second-order valence-corrected chi connectivity index (χ2v) is 7.07. The SMILES string of the molecule is CCCCCCCC(CCCCCC)CNC(=O)CNCCS. The quantitative estimate of drug-likeness (QED) is 0.267. The van der Waals surface area contributed by atoms with Gasteiger partial charge in [-0.25, -0.2) is 0 Å². The molecule has 138 valence electrons. The first-order chi connectivity index (χ1) is 11.2. The molecule has 0 spiro atoms. The number of amides is 1. The fraction of sp³-hybridized carbons (Fsp3) is 0.947. The smallest absolute Gasteiger partial charge is 0.233 e. The van der Waals surface area contributed by atoms with Crippen molar-refractivity contribution in [3.63, 3.8) is 0 Å². The Morgan fingerprint density at radius 1 is 0.913 bits per heavy atom. The topological polar surface area (TPSA) is 41.1 Å². The normalized spacial score (nSPS) is 12.3. The summed E-state index contributed by atoms with van der Waals surface area (Å²) in [7, 11) is 0. The molecule has 0 aromatic heterocycles. The first-order valence-electron chi connectivity index (χ1n) is 9.82. The molecule has 0 fully saturated rings. The lowest BCUT2D eigenvalue weighted by atomic mass is 9.94. The highest BCUT2D eigenvalue weighted by Crippen LogP contribution is 2.18. The first kappa shape index (κ1) is 22.8. The van der Waals surface area contributed by atoms with E-state index in [0.717, 1.165) is 18.8 Å². The van der Waals surface area contributed by atoms with Crippen LogP contribution in [0.2, 0.25) is 0 Å². The van der Waals surface area contributed by atoms with Gasteiger partial charge in [0.05, 0.1) is 6.54 Å². The van der Waals surface area contributed by atoms with Crippen LogP contribution in [-0.2, 0) is 4.79 Å². The van der Waals surface area contributed by atoms with Crippen LogP contribution < -0.4 is 10.6 Å². The van der Waals surface area contributed by atoms with Crippen LogP contribution in [0.5, 0.6) is 0 Å². The fourth-order valence-corrected chi connectivity index (χ4v) is 3.00.